The van der Waals surface area contributed by atoms with Crippen molar-refractivity contribution in [2.75, 3.05) is 30.5 Å². The van der Waals surface area contributed by atoms with E-state index in [1.165, 1.54) is 0 Å². The highest BCUT2D eigenvalue weighted by atomic mass is 16.5. The van der Waals surface area contributed by atoms with Crippen LogP contribution in [0.25, 0.3) is 0 Å². The molecule has 0 aliphatic carbocycles. The molecule has 0 saturated carbocycles. The lowest BCUT2D eigenvalue weighted by Crippen LogP contribution is -2.30. The Hall–Kier alpha value is -2.15. The van der Waals surface area contributed by atoms with Crippen molar-refractivity contribution in [1.29, 1.82) is 0 Å². The van der Waals surface area contributed by atoms with Gasteiger partial charge in [0.15, 0.2) is 0 Å². The summed E-state index contributed by atoms with van der Waals surface area (Å²) in [6.07, 6.45) is 7.55. The van der Waals surface area contributed by atoms with Crippen LogP contribution in [0.5, 0.6) is 0 Å². The maximum absolute atomic E-state index is 5.49. The quantitative estimate of drug-likeness (QED) is 0.901. The monoisotopic (exact) mass is 302 g/mol. The smallest absolute Gasteiger partial charge is 0.134 e. The van der Waals surface area contributed by atoms with Gasteiger partial charge in [-0.3, -0.25) is 0 Å². The van der Waals surface area contributed by atoms with Crippen LogP contribution < -0.4 is 10.2 Å². The lowest BCUT2D eigenvalue weighted by molar-refractivity contribution is 0.0875. The molecule has 3 rings (SSSR count). The Labute approximate surface area is 130 Å². The Morgan fingerprint density at radius 3 is 3.05 bits per heavy atom. The predicted molar refractivity (Wildman–Crippen MR) is 84.8 cm³/mol. The zero-order chi connectivity index (χ0) is 15.4. The second kappa shape index (κ2) is 6.74. The third kappa shape index (κ3) is 3.54. The van der Waals surface area contributed by atoms with Crippen LogP contribution in [0, 0.1) is 0 Å². The molecule has 1 aliphatic heterocycles. The first-order valence-corrected chi connectivity index (χ1v) is 7.56. The van der Waals surface area contributed by atoms with Gasteiger partial charge in [-0.15, -0.1) is 0 Å². The van der Waals surface area contributed by atoms with Gasteiger partial charge in [0.2, 0.25) is 0 Å². The minimum atomic E-state index is 0.330. The molecule has 0 amide bonds. The van der Waals surface area contributed by atoms with Crippen molar-refractivity contribution in [3.63, 3.8) is 0 Å². The summed E-state index contributed by atoms with van der Waals surface area (Å²) in [6, 6.07) is 2.30. The molecule has 1 saturated heterocycles. The molecule has 1 N–H and O–H groups in total. The second-order valence-electron chi connectivity index (χ2n) is 5.63. The van der Waals surface area contributed by atoms with E-state index in [4.69, 9.17) is 4.74 Å². The second-order valence-corrected chi connectivity index (χ2v) is 5.63. The molecular weight excluding hydrogens is 280 g/mol. The van der Waals surface area contributed by atoms with Crippen LogP contribution in [-0.2, 0) is 18.3 Å². The van der Waals surface area contributed by atoms with Gasteiger partial charge in [0.05, 0.1) is 19.2 Å². The summed E-state index contributed by atoms with van der Waals surface area (Å²) in [4.78, 5) is 15.1. The van der Waals surface area contributed by atoms with Crippen LogP contribution in [0.15, 0.2) is 24.8 Å². The molecule has 0 bridgehead atoms. The number of anilines is 2. The summed E-state index contributed by atoms with van der Waals surface area (Å²) in [5, 5.41) is 3.42. The zero-order valence-electron chi connectivity index (χ0n) is 13.1. The lowest BCUT2D eigenvalue weighted by atomic mass is 10.1. The van der Waals surface area contributed by atoms with Gasteiger partial charge in [-0.25, -0.2) is 15.0 Å². The van der Waals surface area contributed by atoms with E-state index in [2.05, 4.69) is 25.2 Å². The van der Waals surface area contributed by atoms with Crippen LogP contribution in [0.4, 0.5) is 11.6 Å². The first kappa shape index (κ1) is 14.8. The van der Waals surface area contributed by atoms with Crippen molar-refractivity contribution in [2.24, 2.45) is 7.05 Å². The summed E-state index contributed by atoms with van der Waals surface area (Å²) in [5.74, 6) is 2.71. The van der Waals surface area contributed by atoms with E-state index in [1.54, 1.807) is 12.5 Å². The maximum Gasteiger partial charge on any atom is 0.134 e. The maximum atomic E-state index is 5.49. The molecule has 3 heterocycles. The Kier molecular flexibility index (Phi) is 4.53. The van der Waals surface area contributed by atoms with Gasteiger partial charge in [-0.1, -0.05) is 0 Å². The fourth-order valence-corrected chi connectivity index (χ4v) is 2.54. The van der Waals surface area contributed by atoms with E-state index in [9.17, 15) is 0 Å². The van der Waals surface area contributed by atoms with Gasteiger partial charge in [0, 0.05) is 39.2 Å². The Morgan fingerprint density at radius 2 is 2.32 bits per heavy atom. The molecule has 7 heteroatoms. The van der Waals surface area contributed by atoms with Crippen molar-refractivity contribution in [2.45, 2.75) is 25.4 Å². The summed E-state index contributed by atoms with van der Waals surface area (Å²) in [6.45, 7) is 2.30. The Bertz CT molecular complexity index is 608. The van der Waals surface area contributed by atoms with E-state index in [1.807, 2.05) is 30.9 Å². The fourth-order valence-electron chi connectivity index (χ4n) is 2.54. The van der Waals surface area contributed by atoms with Crippen molar-refractivity contribution in [1.82, 2.24) is 19.5 Å². The molecule has 1 aliphatic rings. The normalized spacial score (nSPS) is 18.2. The van der Waals surface area contributed by atoms with Crippen LogP contribution in [0.2, 0.25) is 0 Å². The molecular formula is C15H22N6O. The number of imidazole rings is 1. The molecule has 1 fully saturated rings. The Balaban J connectivity index is 1.66. The van der Waals surface area contributed by atoms with E-state index >= 15 is 0 Å². The highest BCUT2D eigenvalue weighted by molar-refractivity contribution is 5.48. The minimum Gasteiger partial charge on any atom is -0.379 e. The highest BCUT2D eigenvalue weighted by Crippen LogP contribution is 2.17. The average molecular weight is 302 g/mol. The number of nitrogens with zero attached hydrogens (tertiary/aromatic N) is 5. The van der Waals surface area contributed by atoms with Gasteiger partial charge < -0.3 is 19.5 Å². The highest BCUT2D eigenvalue weighted by Gasteiger charge is 2.15. The third-order valence-electron chi connectivity index (χ3n) is 3.86. The molecule has 0 radical (unpaired) electrons. The minimum absolute atomic E-state index is 0.330. The number of aryl methyl sites for hydroxylation is 1. The number of hydrogen-bond donors (Lipinski definition) is 1. The first-order chi connectivity index (χ1) is 10.7. The first-order valence-electron chi connectivity index (χ1n) is 7.56. The SMILES string of the molecule is CN(Cc1nccn1C)c1cc(NC2CCCOC2)ncn1. The molecule has 118 valence electrons. The summed E-state index contributed by atoms with van der Waals surface area (Å²) in [7, 11) is 4.00. The van der Waals surface area contributed by atoms with Gasteiger partial charge >= 0.3 is 0 Å². The van der Waals surface area contributed by atoms with E-state index in [0.29, 0.717) is 12.6 Å². The molecule has 1 unspecified atom stereocenters. The standard InChI is InChI=1S/C15H22N6O/c1-20-6-5-16-15(20)9-21(2)14-8-13(17-11-18-14)19-12-4-3-7-22-10-12/h5-6,8,11-12H,3-4,7,9-10H2,1-2H3,(H,17,18,19). The van der Waals surface area contributed by atoms with Crippen molar-refractivity contribution in [3.8, 4) is 0 Å². The lowest BCUT2D eigenvalue weighted by Gasteiger charge is -2.24. The molecule has 0 spiro atoms. The van der Waals surface area contributed by atoms with Crippen LogP contribution >= 0.6 is 0 Å². The number of nitrogens with one attached hydrogen (secondary N) is 1. The summed E-state index contributed by atoms with van der Waals surface area (Å²) >= 11 is 0. The van der Waals surface area contributed by atoms with Crippen LogP contribution in [0.3, 0.4) is 0 Å². The predicted octanol–water partition coefficient (Wildman–Crippen LogP) is 1.44. The van der Waals surface area contributed by atoms with Crippen LogP contribution in [0.1, 0.15) is 18.7 Å². The van der Waals surface area contributed by atoms with Crippen LogP contribution in [-0.4, -0.2) is 45.8 Å². The fraction of sp³-hybridized carbons (Fsp3) is 0.533. The number of ether oxygens (including phenoxy) is 1. The molecule has 7 nitrogen and oxygen atoms in total. The molecule has 1 atom stereocenters. The number of aromatic nitrogens is 4. The zero-order valence-corrected chi connectivity index (χ0v) is 13.1. The summed E-state index contributed by atoms with van der Waals surface area (Å²) < 4.78 is 7.50. The van der Waals surface area contributed by atoms with Gasteiger partial charge in [0.25, 0.3) is 0 Å². The molecule has 2 aromatic rings. The average Bonchev–Trinajstić information content (AvgIpc) is 2.94. The Morgan fingerprint density at radius 1 is 1.41 bits per heavy atom. The summed E-state index contributed by atoms with van der Waals surface area (Å²) in [5.41, 5.74) is 0. The number of hydrogen-bond acceptors (Lipinski definition) is 6. The molecule has 2 aromatic heterocycles. The van der Waals surface area contributed by atoms with Crippen molar-refractivity contribution in [3.05, 3.63) is 30.6 Å². The van der Waals surface area contributed by atoms with E-state index in [-0.39, 0.29) is 0 Å². The number of rotatable bonds is 5. The van der Waals surface area contributed by atoms with E-state index in [0.717, 1.165) is 43.5 Å². The van der Waals surface area contributed by atoms with Gasteiger partial charge in [-0.2, -0.15) is 0 Å². The van der Waals surface area contributed by atoms with Crippen molar-refractivity contribution < 1.29 is 4.74 Å². The van der Waals surface area contributed by atoms with Crippen molar-refractivity contribution >= 4 is 11.6 Å². The third-order valence-corrected chi connectivity index (χ3v) is 3.86. The molecule has 22 heavy (non-hydrogen) atoms. The van der Waals surface area contributed by atoms with Gasteiger partial charge in [0.1, 0.15) is 23.8 Å². The van der Waals surface area contributed by atoms with Gasteiger partial charge in [-0.05, 0) is 12.8 Å². The molecule has 0 aromatic carbocycles. The topological polar surface area (TPSA) is 68.1 Å². The van der Waals surface area contributed by atoms with E-state index < -0.39 is 0 Å². The largest absolute Gasteiger partial charge is 0.379 e.